The molecule has 0 unspecified atom stereocenters. The number of ether oxygens (including phenoxy) is 1. The summed E-state index contributed by atoms with van der Waals surface area (Å²) >= 11 is 0. The molecule has 0 aliphatic carbocycles. The molecule has 2 amide bonds. The Labute approximate surface area is 149 Å². The highest BCUT2D eigenvalue weighted by molar-refractivity contribution is 5.91. The standard InChI is InChI=1S/C20H25N3O2/c1-15-4-7-17(8-5-15)22-10-12-23(13-11-22)20(24)21-18-14-16(2)6-9-19(18)25-3/h4-9,14H,10-13H2,1-3H3,(H,21,24). The fourth-order valence-corrected chi connectivity index (χ4v) is 3.04. The van der Waals surface area contributed by atoms with Gasteiger partial charge in [-0.3, -0.25) is 0 Å². The van der Waals surface area contributed by atoms with Crippen molar-refractivity contribution in [3.8, 4) is 5.75 Å². The van der Waals surface area contributed by atoms with Crippen molar-refractivity contribution < 1.29 is 9.53 Å². The van der Waals surface area contributed by atoms with Gasteiger partial charge < -0.3 is 19.9 Å². The summed E-state index contributed by atoms with van der Waals surface area (Å²) in [5.41, 5.74) is 4.27. The Kier molecular flexibility index (Phi) is 5.12. The van der Waals surface area contributed by atoms with E-state index in [4.69, 9.17) is 4.74 Å². The molecule has 1 fully saturated rings. The summed E-state index contributed by atoms with van der Waals surface area (Å²) in [6.45, 7) is 7.16. The quantitative estimate of drug-likeness (QED) is 0.928. The van der Waals surface area contributed by atoms with E-state index in [0.717, 1.165) is 18.7 Å². The minimum absolute atomic E-state index is 0.0764. The van der Waals surface area contributed by atoms with E-state index in [1.54, 1.807) is 7.11 Å². The first-order valence-corrected chi connectivity index (χ1v) is 8.59. The van der Waals surface area contributed by atoms with Crippen LogP contribution in [-0.4, -0.2) is 44.2 Å². The van der Waals surface area contributed by atoms with Crippen LogP contribution in [0.25, 0.3) is 0 Å². The molecular formula is C20H25N3O2. The number of amides is 2. The zero-order valence-electron chi connectivity index (χ0n) is 15.1. The van der Waals surface area contributed by atoms with Gasteiger partial charge in [0.25, 0.3) is 0 Å². The largest absolute Gasteiger partial charge is 0.495 e. The summed E-state index contributed by atoms with van der Waals surface area (Å²) in [6.07, 6.45) is 0. The molecule has 0 bridgehead atoms. The molecule has 0 saturated carbocycles. The smallest absolute Gasteiger partial charge is 0.322 e. The van der Waals surface area contributed by atoms with E-state index in [1.807, 2.05) is 30.0 Å². The van der Waals surface area contributed by atoms with Gasteiger partial charge in [-0.2, -0.15) is 0 Å². The minimum Gasteiger partial charge on any atom is -0.495 e. The highest BCUT2D eigenvalue weighted by atomic mass is 16.5. The lowest BCUT2D eigenvalue weighted by Gasteiger charge is -2.36. The fourth-order valence-electron chi connectivity index (χ4n) is 3.04. The third kappa shape index (κ3) is 4.05. The normalized spacial score (nSPS) is 14.4. The molecule has 1 N–H and O–H groups in total. The fraction of sp³-hybridized carbons (Fsp3) is 0.350. The number of hydrogen-bond acceptors (Lipinski definition) is 3. The van der Waals surface area contributed by atoms with Gasteiger partial charge >= 0.3 is 6.03 Å². The van der Waals surface area contributed by atoms with Gasteiger partial charge in [-0.25, -0.2) is 4.79 Å². The number of rotatable bonds is 3. The molecule has 1 saturated heterocycles. The number of carbonyl (C=O) groups excluding carboxylic acids is 1. The Balaban J connectivity index is 1.60. The molecule has 1 aliphatic rings. The topological polar surface area (TPSA) is 44.8 Å². The lowest BCUT2D eigenvalue weighted by atomic mass is 10.2. The summed E-state index contributed by atoms with van der Waals surface area (Å²) in [5.74, 6) is 0.678. The summed E-state index contributed by atoms with van der Waals surface area (Å²) in [7, 11) is 1.61. The van der Waals surface area contributed by atoms with Gasteiger partial charge in [0.15, 0.2) is 0 Å². The first kappa shape index (κ1) is 17.1. The molecule has 0 aromatic heterocycles. The van der Waals surface area contributed by atoms with Crippen LogP contribution in [-0.2, 0) is 0 Å². The summed E-state index contributed by atoms with van der Waals surface area (Å²) in [5, 5.41) is 2.98. The Hall–Kier alpha value is -2.69. The van der Waals surface area contributed by atoms with E-state index < -0.39 is 0 Å². The SMILES string of the molecule is COc1ccc(C)cc1NC(=O)N1CCN(c2ccc(C)cc2)CC1. The van der Waals surface area contributed by atoms with Crippen LogP contribution < -0.4 is 15.0 Å². The van der Waals surface area contributed by atoms with Gasteiger partial charge in [0, 0.05) is 31.9 Å². The second-order valence-electron chi connectivity index (χ2n) is 6.44. The number of aryl methyl sites for hydroxylation is 2. The third-order valence-corrected chi connectivity index (χ3v) is 4.56. The van der Waals surface area contributed by atoms with Crippen LogP contribution in [0.3, 0.4) is 0 Å². The Morgan fingerprint density at radius 3 is 2.24 bits per heavy atom. The lowest BCUT2D eigenvalue weighted by molar-refractivity contribution is 0.208. The van der Waals surface area contributed by atoms with E-state index >= 15 is 0 Å². The van der Waals surface area contributed by atoms with E-state index in [0.29, 0.717) is 24.5 Å². The van der Waals surface area contributed by atoms with Crippen LogP contribution >= 0.6 is 0 Å². The first-order chi connectivity index (χ1) is 12.1. The van der Waals surface area contributed by atoms with E-state index in [2.05, 4.69) is 41.4 Å². The molecule has 3 rings (SSSR count). The maximum atomic E-state index is 12.6. The van der Waals surface area contributed by atoms with Gasteiger partial charge in [-0.15, -0.1) is 0 Å². The zero-order chi connectivity index (χ0) is 17.8. The number of benzene rings is 2. The lowest BCUT2D eigenvalue weighted by Crippen LogP contribution is -2.50. The number of methoxy groups -OCH3 is 1. The average Bonchev–Trinajstić information content (AvgIpc) is 2.63. The van der Waals surface area contributed by atoms with E-state index in [9.17, 15) is 4.79 Å². The number of carbonyl (C=O) groups is 1. The molecular weight excluding hydrogens is 314 g/mol. The minimum atomic E-state index is -0.0764. The predicted octanol–water partition coefficient (Wildman–Crippen LogP) is 3.67. The van der Waals surface area contributed by atoms with Crippen molar-refractivity contribution in [1.82, 2.24) is 4.90 Å². The van der Waals surface area contributed by atoms with Crippen LogP contribution in [0.5, 0.6) is 5.75 Å². The molecule has 5 heteroatoms. The van der Waals surface area contributed by atoms with Crippen LogP contribution in [0.15, 0.2) is 42.5 Å². The van der Waals surface area contributed by atoms with Crippen molar-refractivity contribution in [2.24, 2.45) is 0 Å². The average molecular weight is 339 g/mol. The van der Waals surface area contributed by atoms with Gasteiger partial charge in [0.2, 0.25) is 0 Å². The number of nitrogens with one attached hydrogen (secondary N) is 1. The van der Waals surface area contributed by atoms with E-state index in [-0.39, 0.29) is 6.03 Å². The molecule has 132 valence electrons. The molecule has 0 spiro atoms. The number of urea groups is 1. The van der Waals surface area contributed by atoms with Crippen LogP contribution in [0, 0.1) is 13.8 Å². The Morgan fingerprint density at radius 2 is 1.60 bits per heavy atom. The predicted molar refractivity (Wildman–Crippen MR) is 102 cm³/mol. The van der Waals surface area contributed by atoms with Gasteiger partial charge in [-0.1, -0.05) is 23.8 Å². The summed E-state index contributed by atoms with van der Waals surface area (Å²) in [6, 6.07) is 14.2. The zero-order valence-corrected chi connectivity index (χ0v) is 15.1. The second-order valence-corrected chi connectivity index (χ2v) is 6.44. The van der Waals surface area contributed by atoms with Crippen molar-refractivity contribution in [3.05, 3.63) is 53.6 Å². The highest BCUT2D eigenvalue weighted by Gasteiger charge is 2.22. The molecule has 25 heavy (non-hydrogen) atoms. The molecule has 2 aromatic rings. The van der Waals surface area contributed by atoms with Crippen LogP contribution in [0.2, 0.25) is 0 Å². The number of hydrogen-bond donors (Lipinski definition) is 1. The molecule has 2 aromatic carbocycles. The third-order valence-electron chi connectivity index (χ3n) is 4.56. The van der Waals surface area contributed by atoms with Gasteiger partial charge in [-0.05, 0) is 43.7 Å². The van der Waals surface area contributed by atoms with Crippen LogP contribution in [0.4, 0.5) is 16.2 Å². The van der Waals surface area contributed by atoms with Crippen LogP contribution in [0.1, 0.15) is 11.1 Å². The molecule has 1 heterocycles. The molecule has 0 atom stereocenters. The second kappa shape index (κ2) is 7.47. The van der Waals surface area contributed by atoms with E-state index in [1.165, 1.54) is 11.3 Å². The Morgan fingerprint density at radius 1 is 0.960 bits per heavy atom. The first-order valence-electron chi connectivity index (χ1n) is 8.59. The molecule has 1 aliphatic heterocycles. The Bertz CT molecular complexity index is 735. The maximum absolute atomic E-state index is 12.6. The number of anilines is 2. The van der Waals surface area contributed by atoms with Gasteiger partial charge in [0.1, 0.15) is 5.75 Å². The maximum Gasteiger partial charge on any atom is 0.322 e. The summed E-state index contributed by atoms with van der Waals surface area (Å²) < 4.78 is 5.33. The van der Waals surface area contributed by atoms with Crippen molar-refractivity contribution in [2.45, 2.75) is 13.8 Å². The molecule has 5 nitrogen and oxygen atoms in total. The van der Waals surface area contributed by atoms with Gasteiger partial charge in [0.05, 0.1) is 12.8 Å². The highest BCUT2D eigenvalue weighted by Crippen LogP contribution is 2.26. The monoisotopic (exact) mass is 339 g/mol. The number of nitrogens with zero attached hydrogens (tertiary/aromatic N) is 2. The van der Waals surface area contributed by atoms with Crippen molar-refractivity contribution >= 4 is 17.4 Å². The summed E-state index contributed by atoms with van der Waals surface area (Å²) in [4.78, 5) is 16.7. The number of piperazine rings is 1. The van der Waals surface area contributed by atoms with Crippen molar-refractivity contribution in [1.29, 1.82) is 0 Å². The van der Waals surface area contributed by atoms with Crippen molar-refractivity contribution in [3.63, 3.8) is 0 Å². The molecule has 0 radical (unpaired) electrons. The van der Waals surface area contributed by atoms with Crippen molar-refractivity contribution in [2.75, 3.05) is 43.5 Å².